The van der Waals surface area contributed by atoms with Crippen molar-refractivity contribution in [3.05, 3.63) is 27.7 Å². The van der Waals surface area contributed by atoms with Crippen LogP contribution in [0.2, 0.25) is 5.02 Å². The molecule has 1 amide bonds. The lowest BCUT2D eigenvalue weighted by Crippen LogP contribution is -2.79. The molecule has 2 aliphatic rings. The second-order valence-corrected chi connectivity index (χ2v) is 7.53. The molecule has 0 spiro atoms. The molecule has 2 fully saturated rings. The summed E-state index contributed by atoms with van der Waals surface area (Å²) < 4.78 is 6.38. The zero-order valence-corrected chi connectivity index (χ0v) is 14.3. The third-order valence-corrected chi connectivity index (χ3v) is 6.43. The smallest absolute Gasteiger partial charge is 0.245 e. The molecule has 1 aliphatic heterocycles. The van der Waals surface area contributed by atoms with Gasteiger partial charge in [-0.2, -0.15) is 0 Å². The molecule has 3 rings (SSSR count). The van der Waals surface area contributed by atoms with E-state index in [9.17, 15) is 4.79 Å². The van der Waals surface area contributed by atoms with E-state index >= 15 is 0 Å². The van der Waals surface area contributed by atoms with Crippen LogP contribution in [-0.2, 0) is 9.53 Å². The van der Waals surface area contributed by atoms with Gasteiger partial charge in [-0.15, -0.1) is 0 Å². The van der Waals surface area contributed by atoms with Crippen LogP contribution in [0.1, 0.15) is 20.3 Å². The predicted molar refractivity (Wildman–Crippen MR) is 86.3 cm³/mol. The Balaban J connectivity index is 1.87. The Morgan fingerprint density at radius 1 is 1.52 bits per heavy atom. The van der Waals surface area contributed by atoms with Crippen LogP contribution in [0.15, 0.2) is 22.7 Å². The van der Waals surface area contributed by atoms with Crippen molar-refractivity contribution in [2.75, 3.05) is 11.9 Å². The maximum absolute atomic E-state index is 12.8. The molecule has 0 radical (unpaired) electrons. The maximum atomic E-state index is 12.8. The van der Waals surface area contributed by atoms with Crippen LogP contribution in [0, 0.1) is 11.3 Å². The van der Waals surface area contributed by atoms with Crippen molar-refractivity contribution in [1.82, 2.24) is 0 Å². The highest BCUT2D eigenvalue weighted by molar-refractivity contribution is 9.10. The summed E-state index contributed by atoms with van der Waals surface area (Å²) in [5, 5.41) is 3.46. The Morgan fingerprint density at radius 3 is 2.95 bits per heavy atom. The van der Waals surface area contributed by atoms with Crippen molar-refractivity contribution in [2.24, 2.45) is 17.1 Å². The number of nitrogens with two attached hydrogens (primary N) is 1. The summed E-state index contributed by atoms with van der Waals surface area (Å²) in [5.41, 5.74) is 5.83. The number of benzene rings is 1. The topological polar surface area (TPSA) is 64.3 Å². The van der Waals surface area contributed by atoms with E-state index in [1.807, 2.05) is 13.8 Å². The first-order valence-corrected chi connectivity index (χ1v) is 8.13. The van der Waals surface area contributed by atoms with Crippen LogP contribution < -0.4 is 11.1 Å². The van der Waals surface area contributed by atoms with E-state index in [-0.39, 0.29) is 23.3 Å². The highest BCUT2D eigenvalue weighted by Crippen LogP contribution is 2.58. The summed E-state index contributed by atoms with van der Waals surface area (Å²) in [7, 11) is 0. The number of amides is 1. The average Bonchev–Trinajstić information content (AvgIpc) is 2.91. The number of rotatable bonds is 2. The first-order valence-electron chi connectivity index (χ1n) is 6.96. The molecular weight excluding hydrogens is 356 g/mol. The van der Waals surface area contributed by atoms with Gasteiger partial charge in [0.1, 0.15) is 5.54 Å². The van der Waals surface area contributed by atoms with E-state index in [4.69, 9.17) is 22.1 Å². The second-order valence-electron chi connectivity index (χ2n) is 6.33. The van der Waals surface area contributed by atoms with Gasteiger partial charge in [-0.3, -0.25) is 4.79 Å². The van der Waals surface area contributed by atoms with Gasteiger partial charge in [-0.1, -0.05) is 31.5 Å². The van der Waals surface area contributed by atoms with Crippen LogP contribution in [0.5, 0.6) is 0 Å². The highest BCUT2D eigenvalue weighted by Gasteiger charge is 2.71. The molecule has 0 bridgehead atoms. The number of ether oxygens (including phenoxy) is 1. The monoisotopic (exact) mass is 372 g/mol. The minimum atomic E-state index is -0.921. The number of fused-ring (bicyclic) bond motifs is 1. The van der Waals surface area contributed by atoms with E-state index in [0.29, 0.717) is 21.8 Å². The number of carbonyl (C=O) groups is 1. The van der Waals surface area contributed by atoms with Crippen molar-refractivity contribution < 1.29 is 9.53 Å². The molecule has 1 aliphatic carbocycles. The van der Waals surface area contributed by atoms with Gasteiger partial charge < -0.3 is 15.8 Å². The molecule has 1 saturated heterocycles. The average molecular weight is 374 g/mol. The Morgan fingerprint density at radius 2 is 2.24 bits per heavy atom. The van der Waals surface area contributed by atoms with E-state index in [2.05, 4.69) is 21.2 Å². The minimum absolute atomic E-state index is 0.0658. The largest absolute Gasteiger partial charge is 0.377 e. The molecule has 1 aromatic carbocycles. The van der Waals surface area contributed by atoms with Crippen LogP contribution in [0.3, 0.4) is 0 Å². The van der Waals surface area contributed by atoms with Crippen molar-refractivity contribution >= 4 is 39.1 Å². The van der Waals surface area contributed by atoms with Gasteiger partial charge in [0.15, 0.2) is 0 Å². The molecule has 114 valence electrons. The molecule has 1 saturated carbocycles. The lowest BCUT2D eigenvalue weighted by molar-refractivity contribution is -0.170. The first kappa shape index (κ1) is 15.3. The zero-order chi connectivity index (χ0) is 15.4. The third-order valence-electron chi connectivity index (χ3n) is 5.03. The fraction of sp³-hybridized carbons (Fsp3) is 0.533. The number of carbonyl (C=O) groups excluding carboxylic acids is 1. The minimum Gasteiger partial charge on any atom is -0.377 e. The van der Waals surface area contributed by atoms with E-state index in [1.54, 1.807) is 18.2 Å². The van der Waals surface area contributed by atoms with Gasteiger partial charge in [-0.25, -0.2) is 0 Å². The lowest BCUT2D eigenvalue weighted by atomic mass is 9.48. The molecule has 3 unspecified atom stereocenters. The standard InChI is InChI=1S/C15H18BrClN2O2/c1-14(2)12-8(6-7-21-12)15(14,18)13(20)19-10-5-3-4-9(17)11(10)16/h3-5,8,12H,6-7,18H2,1-2H3,(H,19,20). The number of halogens is 2. The Bertz CT molecular complexity index is 607. The van der Waals surface area contributed by atoms with Gasteiger partial charge in [0.05, 0.1) is 21.3 Å². The summed E-state index contributed by atoms with van der Waals surface area (Å²) in [6, 6.07) is 5.35. The molecule has 1 heterocycles. The zero-order valence-electron chi connectivity index (χ0n) is 12.0. The molecule has 6 heteroatoms. The molecular formula is C15H18BrClN2O2. The summed E-state index contributed by atoms with van der Waals surface area (Å²) >= 11 is 9.44. The normalized spacial score (nSPS) is 33.2. The fourth-order valence-electron chi connectivity index (χ4n) is 3.67. The van der Waals surface area contributed by atoms with Gasteiger partial charge >= 0.3 is 0 Å². The fourth-order valence-corrected chi connectivity index (χ4v) is 4.21. The number of hydrogen-bond donors (Lipinski definition) is 2. The molecule has 0 aromatic heterocycles. The summed E-state index contributed by atoms with van der Waals surface area (Å²) in [4.78, 5) is 12.8. The van der Waals surface area contributed by atoms with Crippen molar-refractivity contribution in [3.63, 3.8) is 0 Å². The quantitative estimate of drug-likeness (QED) is 0.837. The molecule has 1 aromatic rings. The molecule has 3 atom stereocenters. The Hall–Kier alpha value is -0.620. The SMILES string of the molecule is CC1(C)C2OCCC2C1(N)C(=O)Nc1cccc(Cl)c1Br. The Kier molecular flexibility index (Phi) is 3.60. The Labute approximate surface area is 137 Å². The van der Waals surface area contributed by atoms with Crippen LogP contribution >= 0.6 is 27.5 Å². The van der Waals surface area contributed by atoms with Gasteiger partial charge in [0, 0.05) is 17.9 Å². The van der Waals surface area contributed by atoms with Gasteiger partial charge in [0.2, 0.25) is 5.91 Å². The number of anilines is 1. The second kappa shape index (κ2) is 4.95. The van der Waals surface area contributed by atoms with Crippen molar-refractivity contribution in [1.29, 1.82) is 0 Å². The maximum Gasteiger partial charge on any atom is 0.245 e. The number of hydrogen-bond acceptors (Lipinski definition) is 3. The molecule has 21 heavy (non-hydrogen) atoms. The summed E-state index contributed by atoms with van der Waals surface area (Å²) in [6.07, 6.45) is 0.894. The number of nitrogens with one attached hydrogen (secondary N) is 1. The van der Waals surface area contributed by atoms with Crippen LogP contribution in [0.25, 0.3) is 0 Å². The van der Waals surface area contributed by atoms with Crippen LogP contribution in [-0.4, -0.2) is 24.2 Å². The molecule has 3 N–H and O–H groups in total. The van der Waals surface area contributed by atoms with Crippen molar-refractivity contribution in [2.45, 2.75) is 31.9 Å². The van der Waals surface area contributed by atoms with Gasteiger partial charge in [0.25, 0.3) is 0 Å². The summed E-state index contributed by atoms with van der Waals surface area (Å²) in [5.74, 6) is -0.104. The van der Waals surface area contributed by atoms with E-state index in [0.717, 1.165) is 6.42 Å². The van der Waals surface area contributed by atoms with Crippen molar-refractivity contribution in [3.8, 4) is 0 Å². The lowest BCUT2D eigenvalue weighted by Gasteiger charge is -2.60. The van der Waals surface area contributed by atoms with E-state index in [1.165, 1.54) is 0 Å². The molecule has 4 nitrogen and oxygen atoms in total. The summed E-state index contributed by atoms with van der Waals surface area (Å²) in [6.45, 7) is 4.66. The highest BCUT2D eigenvalue weighted by atomic mass is 79.9. The van der Waals surface area contributed by atoms with Gasteiger partial charge in [-0.05, 0) is 34.5 Å². The van der Waals surface area contributed by atoms with E-state index < -0.39 is 5.54 Å². The van der Waals surface area contributed by atoms with Crippen LogP contribution in [0.4, 0.5) is 5.69 Å². The first-order chi connectivity index (χ1) is 9.80. The predicted octanol–water partition coefficient (Wildman–Crippen LogP) is 3.18. The third kappa shape index (κ3) is 1.98.